The van der Waals surface area contributed by atoms with Crippen LogP contribution in [0, 0.1) is 0 Å². The van der Waals surface area contributed by atoms with E-state index in [2.05, 4.69) is 55.0 Å². The molecule has 2 rings (SSSR count). The molecule has 0 N–H and O–H groups in total. The molecule has 0 aliphatic carbocycles. The van der Waals surface area contributed by atoms with Crippen molar-refractivity contribution in [1.29, 1.82) is 0 Å². The summed E-state index contributed by atoms with van der Waals surface area (Å²) < 4.78 is 1.81. The lowest BCUT2D eigenvalue weighted by Gasteiger charge is -2.21. The highest BCUT2D eigenvalue weighted by molar-refractivity contribution is 5.74. The molecule has 1 heterocycles. The third-order valence-corrected chi connectivity index (χ3v) is 4.44. The zero-order chi connectivity index (χ0) is 16.8. The molecule has 1 aromatic carbocycles. The van der Waals surface area contributed by atoms with Crippen molar-refractivity contribution in [3.8, 4) is 5.69 Å². The molecular weight excluding hydrogens is 288 g/mol. The Labute approximate surface area is 138 Å². The predicted molar refractivity (Wildman–Crippen MR) is 93.6 cm³/mol. The van der Waals surface area contributed by atoms with Gasteiger partial charge in [-0.1, -0.05) is 19.1 Å². The monoisotopic (exact) mass is 314 g/mol. The summed E-state index contributed by atoms with van der Waals surface area (Å²) >= 11 is 0. The minimum atomic E-state index is 0.285. The van der Waals surface area contributed by atoms with Crippen molar-refractivity contribution in [2.45, 2.75) is 46.5 Å². The van der Waals surface area contributed by atoms with Crippen LogP contribution >= 0.6 is 0 Å². The highest BCUT2D eigenvalue weighted by Crippen LogP contribution is 2.27. The van der Waals surface area contributed by atoms with Crippen LogP contribution in [0.4, 0.5) is 5.69 Å². The van der Waals surface area contributed by atoms with Crippen molar-refractivity contribution in [3.63, 3.8) is 0 Å². The van der Waals surface area contributed by atoms with Crippen LogP contribution in [-0.2, 0) is 0 Å². The fraction of sp³-hybridized carbons (Fsp3) is 0.500. The lowest BCUT2D eigenvalue weighted by molar-refractivity contribution is 0.111. The molecule has 124 valence electrons. The molecule has 0 unspecified atom stereocenters. The first-order chi connectivity index (χ1) is 11.2. The van der Waals surface area contributed by atoms with Gasteiger partial charge < -0.3 is 4.90 Å². The summed E-state index contributed by atoms with van der Waals surface area (Å²) in [5, 5.41) is 8.26. The molecule has 0 bridgehead atoms. The van der Waals surface area contributed by atoms with Crippen molar-refractivity contribution >= 4 is 12.0 Å². The highest BCUT2D eigenvalue weighted by Gasteiger charge is 2.20. The van der Waals surface area contributed by atoms with E-state index in [1.54, 1.807) is 0 Å². The van der Waals surface area contributed by atoms with E-state index in [1.165, 1.54) is 5.69 Å². The molecule has 0 spiro atoms. The van der Waals surface area contributed by atoms with Gasteiger partial charge in [-0.2, -0.15) is 0 Å². The van der Waals surface area contributed by atoms with Crippen molar-refractivity contribution < 1.29 is 4.79 Å². The van der Waals surface area contributed by atoms with Gasteiger partial charge in [-0.25, -0.2) is 4.68 Å². The summed E-state index contributed by atoms with van der Waals surface area (Å²) in [5.74, 6) is 0.285. The van der Waals surface area contributed by atoms with E-state index < -0.39 is 0 Å². The Morgan fingerprint density at radius 3 is 2.17 bits per heavy atom. The molecule has 0 aliphatic rings. The lowest BCUT2D eigenvalue weighted by Crippen LogP contribution is -2.21. The van der Waals surface area contributed by atoms with Gasteiger partial charge in [0.25, 0.3) is 0 Å². The second kappa shape index (κ2) is 7.90. The van der Waals surface area contributed by atoms with Crippen molar-refractivity contribution in [2.75, 3.05) is 18.0 Å². The fourth-order valence-electron chi connectivity index (χ4n) is 3.03. The maximum atomic E-state index is 11.3. The van der Waals surface area contributed by atoms with Crippen LogP contribution in [0.2, 0.25) is 0 Å². The molecule has 0 amide bonds. The number of hydrogen-bond acceptors (Lipinski definition) is 4. The van der Waals surface area contributed by atoms with Gasteiger partial charge in [0.15, 0.2) is 6.29 Å². The molecule has 0 aliphatic heterocycles. The van der Waals surface area contributed by atoms with Crippen LogP contribution in [0.1, 0.15) is 62.6 Å². The normalized spacial score (nSPS) is 11.0. The Hall–Kier alpha value is -2.17. The Morgan fingerprint density at radius 1 is 1.09 bits per heavy atom. The number of benzene rings is 1. The van der Waals surface area contributed by atoms with E-state index in [-0.39, 0.29) is 5.92 Å². The van der Waals surface area contributed by atoms with Gasteiger partial charge in [0.2, 0.25) is 0 Å². The van der Waals surface area contributed by atoms with Crippen molar-refractivity contribution in [2.24, 2.45) is 0 Å². The third kappa shape index (κ3) is 3.44. The summed E-state index contributed by atoms with van der Waals surface area (Å²) in [4.78, 5) is 13.6. The van der Waals surface area contributed by atoms with Crippen LogP contribution in [0.5, 0.6) is 0 Å². The molecule has 23 heavy (non-hydrogen) atoms. The smallest absolute Gasteiger partial charge is 0.172 e. The highest BCUT2D eigenvalue weighted by atomic mass is 16.1. The van der Waals surface area contributed by atoms with Crippen LogP contribution in [0.15, 0.2) is 24.3 Å². The number of carbonyl (C=O) groups is 1. The number of aldehydes is 1. The molecule has 2 aromatic rings. The molecule has 5 nitrogen and oxygen atoms in total. The van der Waals surface area contributed by atoms with Gasteiger partial charge in [-0.15, -0.1) is 5.10 Å². The third-order valence-electron chi connectivity index (χ3n) is 4.44. The van der Waals surface area contributed by atoms with Crippen LogP contribution in [0.3, 0.4) is 0 Å². The summed E-state index contributed by atoms with van der Waals surface area (Å²) in [6.07, 6.45) is 2.73. The second-order valence-corrected chi connectivity index (χ2v) is 5.59. The van der Waals surface area contributed by atoms with Crippen molar-refractivity contribution in [3.05, 3.63) is 35.7 Å². The number of hydrogen-bond donors (Lipinski definition) is 0. The SMILES string of the molecule is CCC(CC)c1c(C=O)nnn1-c1ccc(N(CC)CC)cc1. The fourth-order valence-corrected chi connectivity index (χ4v) is 3.03. The Bertz CT molecular complexity index is 625. The second-order valence-electron chi connectivity index (χ2n) is 5.59. The molecule has 0 saturated heterocycles. The van der Waals surface area contributed by atoms with E-state index >= 15 is 0 Å². The Morgan fingerprint density at radius 2 is 1.70 bits per heavy atom. The van der Waals surface area contributed by atoms with E-state index in [9.17, 15) is 4.79 Å². The summed E-state index contributed by atoms with van der Waals surface area (Å²) in [6.45, 7) is 10.5. The van der Waals surface area contributed by atoms with Gasteiger partial charge in [0, 0.05) is 24.7 Å². The van der Waals surface area contributed by atoms with Crippen LogP contribution in [-0.4, -0.2) is 34.4 Å². The van der Waals surface area contributed by atoms with Gasteiger partial charge in [-0.3, -0.25) is 4.79 Å². The molecular formula is C18H26N4O. The molecule has 0 fully saturated rings. The number of nitrogens with zero attached hydrogens (tertiary/aromatic N) is 4. The van der Waals surface area contributed by atoms with E-state index in [4.69, 9.17) is 0 Å². The Kier molecular flexibility index (Phi) is 5.90. The molecule has 1 aromatic heterocycles. The zero-order valence-electron chi connectivity index (χ0n) is 14.5. The minimum absolute atomic E-state index is 0.285. The standard InChI is InChI=1S/C18H26N4O/c1-5-14(6-2)18-17(13-23)19-20-22(18)16-11-9-15(10-12-16)21(7-3)8-4/h9-14H,5-8H2,1-4H3. The van der Waals surface area contributed by atoms with Crippen LogP contribution in [0.25, 0.3) is 5.69 Å². The van der Waals surface area contributed by atoms with Gasteiger partial charge in [0.1, 0.15) is 5.69 Å². The first-order valence-electron chi connectivity index (χ1n) is 8.46. The maximum Gasteiger partial charge on any atom is 0.172 e. The number of aromatic nitrogens is 3. The van der Waals surface area contributed by atoms with Gasteiger partial charge >= 0.3 is 0 Å². The number of rotatable bonds is 8. The molecule has 0 radical (unpaired) electrons. The molecule has 5 heteroatoms. The molecule has 0 atom stereocenters. The van der Waals surface area contributed by atoms with Crippen LogP contribution < -0.4 is 4.90 Å². The first-order valence-corrected chi connectivity index (χ1v) is 8.46. The minimum Gasteiger partial charge on any atom is -0.372 e. The lowest BCUT2D eigenvalue weighted by atomic mass is 9.97. The summed E-state index contributed by atoms with van der Waals surface area (Å²) in [7, 11) is 0. The van der Waals surface area contributed by atoms with Crippen molar-refractivity contribution in [1.82, 2.24) is 15.0 Å². The number of anilines is 1. The topological polar surface area (TPSA) is 51.0 Å². The van der Waals surface area contributed by atoms with Gasteiger partial charge in [0.05, 0.1) is 11.4 Å². The first kappa shape index (κ1) is 17.2. The quantitative estimate of drug-likeness (QED) is 0.695. The van der Waals surface area contributed by atoms with E-state index in [1.807, 2.05) is 16.8 Å². The van der Waals surface area contributed by atoms with E-state index in [0.29, 0.717) is 5.69 Å². The molecule has 0 saturated carbocycles. The van der Waals surface area contributed by atoms with Gasteiger partial charge in [-0.05, 0) is 51.0 Å². The zero-order valence-corrected chi connectivity index (χ0v) is 14.5. The largest absolute Gasteiger partial charge is 0.372 e. The van der Waals surface area contributed by atoms with E-state index in [0.717, 1.165) is 43.6 Å². The number of carbonyl (C=O) groups excluding carboxylic acids is 1. The average molecular weight is 314 g/mol. The predicted octanol–water partition coefficient (Wildman–Crippen LogP) is 3.83. The summed E-state index contributed by atoms with van der Waals surface area (Å²) in [6, 6.07) is 8.29. The Balaban J connectivity index is 2.42. The summed E-state index contributed by atoms with van der Waals surface area (Å²) in [5.41, 5.74) is 3.51. The average Bonchev–Trinajstić information content (AvgIpc) is 3.02. The maximum absolute atomic E-state index is 11.3.